The highest BCUT2D eigenvalue weighted by Gasteiger charge is 2.34. The van der Waals surface area contributed by atoms with Crippen molar-refractivity contribution in [3.05, 3.63) is 47.9 Å². The van der Waals surface area contributed by atoms with Gasteiger partial charge in [0.1, 0.15) is 22.8 Å². The van der Waals surface area contributed by atoms with Crippen LogP contribution in [0.25, 0.3) is 0 Å². The summed E-state index contributed by atoms with van der Waals surface area (Å²) in [6, 6.07) is 9.08. The van der Waals surface area contributed by atoms with Crippen molar-refractivity contribution in [2.45, 2.75) is 18.9 Å². The molecule has 2 heterocycles. The van der Waals surface area contributed by atoms with E-state index < -0.39 is 0 Å². The molecular weight excluding hydrogens is 282 g/mol. The molecule has 5 heteroatoms. The Morgan fingerprint density at radius 1 is 1.18 bits per heavy atom. The predicted octanol–water partition coefficient (Wildman–Crippen LogP) is 3.27. The van der Waals surface area contributed by atoms with Gasteiger partial charge >= 0.3 is 0 Å². The number of nitrogens with zero attached hydrogens (tertiary/aromatic N) is 1. The lowest BCUT2D eigenvalue weighted by Crippen LogP contribution is -2.31. The smallest absolute Gasteiger partial charge is 0.262 e. The third-order valence-electron chi connectivity index (χ3n) is 4.03. The molecule has 0 saturated carbocycles. The fraction of sp³-hybridized carbons (Fsp3) is 0.353. The molecule has 1 aliphatic rings. The van der Waals surface area contributed by atoms with Gasteiger partial charge in [-0.2, -0.15) is 0 Å². The number of benzene rings is 1. The monoisotopic (exact) mass is 301 g/mol. The molecule has 0 bridgehead atoms. The highest BCUT2D eigenvalue weighted by Crippen LogP contribution is 2.37. The Bertz CT molecular complexity index is 628. The number of hydrogen-bond acceptors (Lipinski definition) is 4. The van der Waals surface area contributed by atoms with Crippen LogP contribution >= 0.6 is 0 Å². The lowest BCUT2D eigenvalue weighted by molar-refractivity contribution is 0.0713. The number of methoxy groups -OCH3 is 2. The number of furan rings is 1. The lowest BCUT2D eigenvalue weighted by Gasteiger charge is -2.24. The van der Waals surface area contributed by atoms with E-state index in [1.165, 1.54) is 0 Å². The summed E-state index contributed by atoms with van der Waals surface area (Å²) in [7, 11) is 3.11. The maximum absolute atomic E-state index is 13.0. The summed E-state index contributed by atoms with van der Waals surface area (Å²) < 4.78 is 16.2. The van der Waals surface area contributed by atoms with Gasteiger partial charge in [-0.05, 0) is 37.1 Å². The van der Waals surface area contributed by atoms with Gasteiger partial charge in [0.25, 0.3) is 5.91 Å². The Balaban J connectivity index is 1.97. The van der Waals surface area contributed by atoms with E-state index in [1.807, 2.05) is 23.1 Å². The van der Waals surface area contributed by atoms with Crippen LogP contribution in [0.15, 0.2) is 41.0 Å². The van der Waals surface area contributed by atoms with Gasteiger partial charge in [0, 0.05) is 6.54 Å². The Labute approximate surface area is 129 Å². The van der Waals surface area contributed by atoms with Crippen LogP contribution in [0.4, 0.5) is 0 Å². The van der Waals surface area contributed by atoms with E-state index in [9.17, 15) is 4.79 Å². The summed E-state index contributed by atoms with van der Waals surface area (Å²) >= 11 is 0. The SMILES string of the molecule is COc1cccc(OC)c1C(=O)N1CCCC1c1ccco1. The van der Waals surface area contributed by atoms with Gasteiger partial charge in [0.05, 0.1) is 26.5 Å². The second kappa shape index (κ2) is 6.13. The fourth-order valence-corrected chi connectivity index (χ4v) is 2.99. The second-order valence-corrected chi connectivity index (χ2v) is 5.21. The predicted molar refractivity (Wildman–Crippen MR) is 81.3 cm³/mol. The van der Waals surface area contributed by atoms with E-state index in [2.05, 4.69) is 0 Å². The molecule has 0 N–H and O–H groups in total. The van der Waals surface area contributed by atoms with E-state index in [4.69, 9.17) is 13.9 Å². The number of hydrogen-bond donors (Lipinski definition) is 0. The standard InChI is InChI=1S/C17H19NO4/c1-20-14-7-3-8-15(21-2)16(14)17(19)18-10-4-6-12(18)13-9-5-11-22-13/h3,5,7-9,11-12H,4,6,10H2,1-2H3. The molecule has 0 spiro atoms. The highest BCUT2D eigenvalue weighted by atomic mass is 16.5. The van der Waals surface area contributed by atoms with E-state index in [-0.39, 0.29) is 11.9 Å². The van der Waals surface area contributed by atoms with Crippen LogP contribution in [-0.2, 0) is 0 Å². The number of rotatable bonds is 4. The minimum Gasteiger partial charge on any atom is -0.496 e. The molecule has 1 atom stereocenters. The molecule has 116 valence electrons. The number of likely N-dealkylation sites (tertiary alicyclic amines) is 1. The summed E-state index contributed by atoms with van der Waals surface area (Å²) in [4.78, 5) is 14.9. The molecule has 22 heavy (non-hydrogen) atoms. The van der Waals surface area contributed by atoms with Crippen LogP contribution in [-0.4, -0.2) is 31.6 Å². The molecule has 1 aliphatic heterocycles. The van der Waals surface area contributed by atoms with Crippen LogP contribution < -0.4 is 9.47 Å². The third-order valence-corrected chi connectivity index (χ3v) is 4.03. The van der Waals surface area contributed by atoms with Crippen molar-refractivity contribution in [3.63, 3.8) is 0 Å². The number of ether oxygens (including phenoxy) is 2. The summed E-state index contributed by atoms with van der Waals surface area (Å²) in [5, 5.41) is 0. The summed E-state index contributed by atoms with van der Waals surface area (Å²) in [5.74, 6) is 1.77. The normalized spacial score (nSPS) is 17.5. The average molecular weight is 301 g/mol. The van der Waals surface area contributed by atoms with Crippen LogP contribution in [0.5, 0.6) is 11.5 Å². The van der Waals surface area contributed by atoms with Gasteiger partial charge in [0.15, 0.2) is 0 Å². The molecule has 3 rings (SSSR count). The average Bonchev–Trinajstić information content (AvgIpc) is 3.23. The minimum absolute atomic E-state index is 0.0304. The lowest BCUT2D eigenvalue weighted by atomic mass is 10.1. The minimum atomic E-state index is -0.0896. The molecule has 1 fully saturated rings. The molecule has 1 aromatic heterocycles. The number of amides is 1. The van der Waals surface area contributed by atoms with Crippen LogP contribution in [0.2, 0.25) is 0 Å². The maximum atomic E-state index is 13.0. The van der Waals surface area contributed by atoms with E-state index >= 15 is 0 Å². The Morgan fingerprint density at radius 2 is 1.91 bits per heavy atom. The van der Waals surface area contributed by atoms with Crippen LogP contribution in [0, 0.1) is 0 Å². The molecule has 5 nitrogen and oxygen atoms in total. The van der Waals surface area contributed by atoms with Crippen LogP contribution in [0.3, 0.4) is 0 Å². The van der Waals surface area contributed by atoms with Gasteiger partial charge in [-0.25, -0.2) is 0 Å². The van der Waals surface area contributed by atoms with E-state index in [0.29, 0.717) is 23.6 Å². The first-order chi connectivity index (χ1) is 10.8. The maximum Gasteiger partial charge on any atom is 0.262 e. The first-order valence-corrected chi connectivity index (χ1v) is 7.31. The first-order valence-electron chi connectivity index (χ1n) is 7.31. The molecule has 1 saturated heterocycles. The van der Waals surface area contributed by atoms with Crippen molar-refractivity contribution < 1.29 is 18.7 Å². The van der Waals surface area contributed by atoms with E-state index in [1.54, 1.807) is 32.6 Å². The van der Waals surface area contributed by atoms with Gasteiger partial charge in [-0.3, -0.25) is 4.79 Å². The second-order valence-electron chi connectivity index (χ2n) is 5.21. The molecule has 2 aromatic rings. The van der Waals surface area contributed by atoms with Crippen LogP contribution in [0.1, 0.15) is 35.0 Å². The van der Waals surface area contributed by atoms with Crippen molar-refractivity contribution in [2.75, 3.05) is 20.8 Å². The zero-order valence-corrected chi connectivity index (χ0v) is 12.7. The van der Waals surface area contributed by atoms with Crippen molar-refractivity contribution in [1.29, 1.82) is 0 Å². The van der Waals surface area contributed by atoms with Gasteiger partial charge in [0.2, 0.25) is 0 Å². The molecule has 1 aromatic carbocycles. The zero-order chi connectivity index (χ0) is 15.5. The zero-order valence-electron chi connectivity index (χ0n) is 12.7. The van der Waals surface area contributed by atoms with Crippen molar-refractivity contribution >= 4 is 5.91 Å². The van der Waals surface area contributed by atoms with E-state index in [0.717, 1.165) is 18.6 Å². The fourth-order valence-electron chi connectivity index (χ4n) is 2.99. The topological polar surface area (TPSA) is 51.9 Å². The molecule has 1 unspecified atom stereocenters. The number of carbonyl (C=O) groups is 1. The molecule has 1 amide bonds. The largest absolute Gasteiger partial charge is 0.496 e. The van der Waals surface area contributed by atoms with Crippen molar-refractivity contribution in [2.24, 2.45) is 0 Å². The van der Waals surface area contributed by atoms with Crippen molar-refractivity contribution in [3.8, 4) is 11.5 Å². The first kappa shape index (κ1) is 14.5. The molecular formula is C17H19NO4. The highest BCUT2D eigenvalue weighted by molar-refractivity contribution is 6.00. The summed E-state index contributed by atoms with van der Waals surface area (Å²) in [5.41, 5.74) is 0.464. The van der Waals surface area contributed by atoms with Gasteiger partial charge in [-0.1, -0.05) is 6.07 Å². The summed E-state index contributed by atoms with van der Waals surface area (Å²) in [6.07, 6.45) is 3.49. The number of carbonyl (C=O) groups excluding carboxylic acids is 1. The van der Waals surface area contributed by atoms with Gasteiger partial charge in [-0.15, -0.1) is 0 Å². The Kier molecular flexibility index (Phi) is 4.04. The summed E-state index contributed by atoms with van der Waals surface area (Å²) in [6.45, 7) is 0.700. The third kappa shape index (κ3) is 2.43. The molecule has 0 aliphatic carbocycles. The van der Waals surface area contributed by atoms with Gasteiger partial charge < -0.3 is 18.8 Å². The Morgan fingerprint density at radius 3 is 2.50 bits per heavy atom. The Hall–Kier alpha value is -2.43. The quantitative estimate of drug-likeness (QED) is 0.869. The molecule has 0 radical (unpaired) electrons. The van der Waals surface area contributed by atoms with Crippen molar-refractivity contribution in [1.82, 2.24) is 4.90 Å².